The summed E-state index contributed by atoms with van der Waals surface area (Å²) >= 11 is 0. The molecule has 8 aromatic carbocycles. The molecule has 0 amide bonds. The Morgan fingerprint density at radius 1 is 0.489 bits per heavy atom. The van der Waals surface area contributed by atoms with E-state index in [1.54, 1.807) is 0 Å². The van der Waals surface area contributed by atoms with Gasteiger partial charge in [-0.3, -0.25) is 0 Å². The highest BCUT2D eigenvalue weighted by Gasteiger charge is 2.36. The highest BCUT2D eigenvalue weighted by Crippen LogP contribution is 2.53. The van der Waals surface area contributed by atoms with Crippen molar-refractivity contribution in [2.24, 2.45) is 0 Å². The van der Waals surface area contributed by atoms with E-state index in [0.29, 0.717) is 0 Å². The molecule has 2 aliphatic carbocycles. The van der Waals surface area contributed by atoms with E-state index in [1.807, 2.05) is 0 Å². The van der Waals surface area contributed by atoms with Crippen molar-refractivity contribution in [1.29, 1.82) is 0 Å². The fraction of sp³-hybridized carbons (Fsp3) is 0.111. The molecule has 0 radical (unpaired) electrons. The van der Waals surface area contributed by atoms with Crippen LogP contribution in [-0.4, -0.2) is 0 Å². The summed E-state index contributed by atoms with van der Waals surface area (Å²) in [5.41, 5.74) is 11.0. The fourth-order valence-electron chi connectivity index (χ4n) is 8.77. The van der Waals surface area contributed by atoms with Crippen LogP contribution in [0.5, 0.6) is 0 Å². The summed E-state index contributed by atoms with van der Waals surface area (Å²) in [5, 5.41) is 13.4. The molecule has 0 unspecified atom stereocenters. The Morgan fingerprint density at radius 3 is 1.98 bits per heavy atom. The third-order valence-electron chi connectivity index (χ3n) is 10.9. The SMILES string of the molecule is CC1(C)c2ccccc2-c2cc3c(-c4ccc5ccc6cccc7ccc4c5c67)c4ccccc4c(C4=CC=CCC4)c3cc21. The van der Waals surface area contributed by atoms with Gasteiger partial charge in [0.2, 0.25) is 0 Å². The molecular formula is C45H32. The largest absolute Gasteiger partial charge is 0.0842 e. The summed E-state index contributed by atoms with van der Waals surface area (Å²) in [4.78, 5) is 0. The van der Waals surface area contributed by atoms with Crippen LogP contribution in [0.4, 0.5) is 0 Å². The molecule has 8 aromatic rings. The van der Waals surface area contributed by atoms with Crippen LogP contribution in [0.3, 0.4) is 0 Å². The quantitative estimate of drug-likeness (QED) is 0.143. The fourth-order valence-corrected chi connectivity index (χ4v) is 8.77. The van der Waals surface area contributed by atoms with Gasteiger partial charge in [-0.25, -0.2) is 0 Å². The Kier molecular flexibility index (Phi) is 4.99. The van der Waals surface area contributed by atoms with E-state index in [0.717, 1.165) is 12.8 Å². The molecule has 2 aliphatic rings. The van der Waals surface area contributed by atoms with E-state index in [-0.39, 0.29) is 5.41 Å². The number of hydrogen-bond donors (Lipinski definition) is 0. The van der Waals surface area contributed by atoms with E-state index < -0.39 is 0 Å². The van der Waals surface area contributed by atoms with Crippen LogP contribution in [-0.2, 0) is 5.41 Å². The molecule has 0 fully saturated rings. The van der Waals surface area contributed by atoms with Crippen molar-refractivity contribution in [3.63, 3.8) is 0 Å². The average molecular weight is 573 g/mol. The van der Waals surface area contributed by atoms with E-state index in [2.05, 4.69) is 147 Å². The number of allylic oxidation sites excluding steroid dienone is 4. The standard InChI is InChI=1S/C45H32/c1-45(2)39-18-9-8-15-31(39)36-25-37-38(26-40(36)45)42(27-11-4-3-5-12-27)32-16-6-7-17-33(32)44(37)35-24-22-30-20-19-28-13-10-14-29-21-23-34(35)43(30)41(28)29/h3-4,6-11,13-26H,5,12H2,1-2H3. The molecule has 0 spiro atoms. The lowest BCUT2D eigenvalue weighted by Gasteiger charge is -2.25. The first-order valence-electron chi connectivity index (χ1n) is 16.3. The van der Waals surface area contributed by atoms with Crippen molar-refractivity contribution >= 4 is 59.4 Å². The molecule has 0 atom stereocenters. The zero-order chi connectivity index (χ0) is 29.9. The highest BCUT2D eigenvalue weighted by atomic mass is 14.4. The highest BCUT2D eigenvalue weighted by molar-refractivity contribution is 6.29. The molecule has 0 nitrogen and oxygen atoms in total. The molecule has 0 N–H and O–H groups in total. The van der Waals surface area contributed by atoms with Gasteiger partial charge in [0.25, 0.3) is 0 Å². The van der Waals surface area contributed by atoms with Gasteiger partial charge in [0, 0.05) is 5.41 Å². The van der Waals surface area contributed by atoms with Gasteiger partial charge in [-0.15, -0.1) is 0 Å². The van der Waals surface area contributed by atoms with Crippen LogP contribution in [0.15, 0.2) is 133 Å². The van der Waals surface area contributed by atoms with E-state index in [4.69, 9.17) is 0 Å². The maximum absolute atomic E-state index is 2.56. The predicted molar refractivity (Wildman–Crippen MR) is 195 cm³/mol. The lowest BCUT2D eigenvalue weighted by atomic mass is 9.78. The van der Waals surface area contributed by atoms with Crippen LogP contribution in [0.25, 0.3) is 81.7 Å². The Labute approximate surface area is 263 Å². The third kappa shape index (κ3) is 3.32. The van der Waals surface area contributed by atoms with Gasteiger partial charge in [-0.05, 0) is 123 Å². The minimum atomic E-state index is -0.0585. The molecule has 0 bridgehead atoms. The number of hydrogen-bond acceptors (Lipinski definition) is 0. The molecule has 10 rings (SSSR count). The van der Waals surface area contributed by atoms with Gasteiger partial charge >= 0.3 is 0 Å². The average Bonchev–Trinajstić information content (AvgIpc) is 3.31. The zero-order valence-corrected chi connectivity index (χ0v) is 25.6. The Bertz CT molecular complexity index is 2590. The van der Waals surface area contributed by atoms with Crippen molar-refractivity contribution in [3.8, 4) is 22.3 Å². The third-order valence-corrected chi connectivity index (χ3v) is 10.9. The Hall–Kier alpha value is -5.20. The molecule has 0 saturated carbocycles. The van der Waals surface area contributed by atoms with Gasteiger partial charge in [0.05, 0.1) is 0 Å². The second-order valence-corrected chi connectivity index (χ2v) is 13.5. The maximum atomic E-state index is 2.56. The molecule has 0 heteroatoms. The van der Waals surface area contributed by atoms with Gasteiger partial charge in [0.1, 0.15) is 0 Å². The maximum Gasteiger partial charge on any atom is 0.0159 e. The smallest absolute Gasteiger partial charge is 0.0159 e. The van der Waals surface area contributed by atoms with Gasteiger partial charge in [-0.2, -0.15) is 0 Å². The predicted octanol–water partition coefficient (Wildman–Crippen LogP) is 12.6. The van der Waals surface area contributed by atoms with E-state index in [9.17, 15) is 0 Å². The monoisotopic (exact) mass is 572 g/mol. The van der Waals surface area contributed by atoms with Crippen LogP contribution in [0.1, 0.15) is 43.4 Å². The minimum absolute atomic E-state index is 0.0585. The summed E-state index contributed by atoms with van der Waals surface area (Å²) in [6, 6.07) is 44.0. The number of benzene rings is 8. The van der Waals surface area contributed by atoms with Crippen molar-refractivity contribution in [1.82, 2.24) is 0 Å². The summed E-state index contributed by atoms with van der Waals surface area (Å²) in [5.74, 6) is 0. The first kappa shape index (κ1) is 25.2. The van der Waals surface area contributed by atoms with E-state index >= 15 is 0 Å². The van der Waals surface area contributed by atoms with Gasteiger partial charge in [0.15, 0.2) is 0 Å². The molecule has 45 heavy (non-hydrogen) atoms. The summed E-state index contributed by atoms with van der Waals surface area (Å²) in [7, 11) is 0. The molecule has 0 aromatic heterocycles. The first-order valence-corrected chi connectivity index (χ1v) is 16.3. The molecular weight excluding hydrogens is 540 g/mol. The van der Waals surface area contributed by atoms with Crippen LogP contribution in [0.2, 0.25) is 0 Å². The van der Waals surface area contributed by atoms with Crippen molar-refractivity contribution in [3.05, 3.63) is 150 Å². The topological polar surface area (TPSA) is 0 Å². The Morgan fingerprint density at radius 2 is 1.18 bits per heavy atom. The van der Waals surface area contributed by atoms with Crippen molar-refractivity contribution in [2.45, 2.75) is 32.1 Å². The molecule has 0 saturated heterocycles. The van der Waals surface area contributed by atoms with E-state index in [1.165, 1.54) is 98.4 Å². The van der Waals surface area contributed by atoms with Crippen LogP contribution < -0.4 is 0 Å². The van der Waals surface area contributed by atoms with Crippen LogP contribution in [0, 0.1) is 0 Å². The van der Waals surface area contributed by atoms with Crippen LogP contribution >= 0.6 is 0 Å². The molecule has 0 heterocycles. The molecule has 0 aliphatic heterocycles. The summed E-state index contributed by atoms with van der Waals surface area (Å²) in [6.07, 6.45) is 9.05. The van der Waals surface area contributed by atoms with Gasteiger partial charge in [-0.1, -0.05) is 135 Å². The first-order chi connectivity index (χ1) is 22.1. The second-order valence-electron chi connectivity index (χ2n) is 13.5. The number of rotatable bonds is 2. The second kappa shape index (κ2) is 8.93. The molecule has 212 valence electrons. The minimum Gasteiger partial charge on any atom is -0.0842 e. The number of fused-ring (bicyclic) bond motifs is 5. The Balaban J connectivity index is 1.42. The summed E-state index contributed by atoms with van der Waals surface area (Å²) in [6.45, 7) is 4.79. The van der Waals surface area contributed by atoms with Gasteiger partial charge < -0.3 is 0 Å². The van der Waals surface area contributed by atoms with Crippen molar-refractivity contribution in [2.75, 3.05) is 0 Å². The normalized spacial score (nSPS) is 15.4. The zero-order valence-electron chi connectivity index (χ0n) is 25.6. The van der Waals surface area contributed by atoms with Crippen molar-refractivity contribution < 1.29 is 0 Å². The summed E-state index contributed by atoms with van der Waals surface area (Å²) < 4.78 is 0. The lowest BCUT2D eigenvalue weighted by Crippen LogP contribution is -2.15. The lowest BCUT2D eigenvalue weighted by molar-refractivity contribution is 0.661.